The number of rotatable bonds is 7. The van der Waals surface area contributed by atoms with Crippen molar-refractivity contribution in [3.05, 3.63) is 15.9 Å². The maximum atomic E-state index is 11.1. The van der Waals surface area contributed by atoms with Gasteiger partial charge in [0.25, 0.3) is 0 Å². The van der Waals surface area contributed by atoms with Crippen molar-refractivity contribution < 1.29 is 14.8 Å². The first-order chi connectivity index (χ1) is 9.18. The lowest BCUT2D eigenvalue weighted by molar-refractivity contribution is -0.388. The monoisotopic (exact) mass is 284 g/mol. The van der Waals surface area contributed by atoms with E-state index in [1.165, 1.54) is 0 Å². The number of hydrogen-bond acceptors (Lipinski definition) is 5. The summed E-state index contributed by atoms with van der Waals surface area (Å²) >= 11 is 0. The summed E-state index contributed by atoms with van der Waals surface area (Å²) in [6, 6.07) is 0. The van der Waals surface area contributed by atoms with E-state index in [2.05, 4.69) is 10.3 Å². The maximum absolute atomic E-state index is 11.1. The molecule has 0 saturated heterocycles. The molecule has 1 aromatic rings. The highest BCUT2D eigenvalue weighted by atomic mass is 16.6. The fourth-order valence-electron chi connectivity index (χ4n) is 1.99. The van der Waals surface area contributed by atoms with Crippen LogP contribution in [0.15, 0.2) is 0 Å². The number of imidazole rings is 1. The largest absolute Gasteiger partial charge is 0.481 e. The van der Waals surface area contributed by atoms with Crippen molar-refractivity contribution in [1.82, 2.24) is 9.55 Å². The Morgan fingerprint density at radius 2 is 2.15 bits per heavy atom. The Balaban J connectivity index is 3.06. The molecule has 0 radical (unpaired) electrons. The van der Waals surface area contributed by atoms with Crippen molar-refractivity contribution in [2.45, 2.75) is 52.6 Å². The van der Waals surface area contributed by atoms with Crippen LogP contribution in [0.5, 0.6) is 0 Å². The Morgan fingerprint density at radius 3 is 2.60 bits per heavy atom. The molecule has 0 fully saturated rings. The van der Waals surface area contributed by atoms with E-state index in [9.17, 15) is 14.9 Å². The Morgan fingerprint density at radius 1 is 1.55 bits per heavy atom. The molecule has 0 bridgehead atoms. The summed E-state index contributed by atoms with van der Waals surface area (Å²) < 4.78 is 1.71. The molecule has 0 amide bonds. The topological polar surface area (TPSA) is 110 Å². The zero-order valence-corrected chi connectivity index (χ0v) is 12.1. The molecule has 112 valence electrons. The normalized spacial score (nSPS) is 11.4. The number of nitrogens with one attached hydrogen (secondary N) is 1. The number of hydrogen-bond donors (Lipinski definition) is 2. The van der Waals surface area contributed by atoms with Gasteiger partial charge in [0.05, 0.1) is 0 Å². The lowest BCUT2D eigenvalue weighted by Crippen LogP contribution is -2.33. The van der Waals surface area contributed by atoms with E-state index < -0.39 is 16.4 Å². The number of carboxylic acids is 1. The van der Waals surface area contributed by atoms with E-state index in [1.807, 2.05) is 20.8 Å². The molecule has 2 N–H and O–H groups in total. The Hall–Kier alpha value is -2.12. The van der Waals surface area contributed by atoms with Gasteiger partial charge in [-0.3, -0.25) is 9.36 Å². The first-order valence-corrected chi connectivity index (χ1v) is 6.39. The van der Waals surface area contributed by atoms with Crippen LogP contribution in [-0.2, 0) is 11.3 Å². The fraction of sp³-hybridized carbons (Fsp3) is 0.667. The molecule has 0 atom stereocenters. The van der Waals surface area contributed by atoms with Crippen LogP contribution in [0.1, 0.15) is 39.4 Å². The quantitative estimate of drug-likeness (QED) is 0.586. The van der Waals surface area contributed by atoms with Gasteiger partial charge in [-0.05, 0) is 37.1 Å². The highest BCUT2D eigenvalue weighted by Gasteiger charge is 2.29. The van der Waals surface area contributed by atoms with Crippen molar-refractivity contribution in [3.63, 3.8) is 0 Å². The summed E-state index contributed by atoms with van der Waals surface area (Å²) in [4.78, 5) is 25.1. The lowest BCUT2D eigenvalue weighted by Gasteiger charge is -2.26. The molecule has 0 aromatic carbocycles. The van der Waals surface area contributed by atoms with E-state index in [0.29, 0.717) is 24.6 Å². The predicted molar refractivity (Wildman–Crippen MR) is 73.9 cm³/mol. The number of anilines is 1. The molecule has 0 saturated carbocycles. The van der Waals surface area contributed by atoms with Crippen LogP contribution in [0.4, 0.5) is 11.6 Å². The highest BCUT2D eigenvalue weighted by Crippen LogP contribution is 2.29. The molecule has 0 aliphatic heterocycles. The molecule has 0 unspecified atom stereocenters. The molecule has 0 aliphatic carbocycles. The molecule has 1 heterocycles. The number of nitro groups is 1. The molecule has 8 nitrogen and oxygen atoms in total. The third-order valence-corrected chi connectivity index (χ3v) is 3.05. The number of aryl methyl sites for hydroxylation is 1. The van der Waals surface area contributed by atoms with Gasteiger partial charge < -0.3 is 20.5 Å². The standard InChI is InChI=1S/C12H20N4O4/c1-5-15-8(2)13-10(16(19)20)11(15)14-12(3,4)7-6-9(17)18/h14H,5-7H2,1-4H3,(H,17,18). The minimum atomic E-state index is -0.894. The summed E-state index contributed by atoms with van der Waals surface area (Å²) in [7, 11) is 0. The van der Waals surface area contributed by atoms with Crippen molar-refractivity contribution >= 4 is 17.6 Å². The zero-order chi connectivity index (χ0) is 15.5. The smallest absolute Gasteiger partial charge is 0.406 e. The first-order valence-electron chi connectivity index (χ1n) is 6.39. The van der Waals surface area contributed by atoms with E-state index in [1.54, 1.807) is 11.5 Å². The summed E-state index contributed by atoms with van der Waals surface area (Å²) in [5, 5.41) is 22.8. The number of carbonyl (C=O) groups is 1. The molecule has 0 aliphatic rings. The van der Waals surface area contributed by atoms with Crippen molar-refractivity contribution in [2.75, 3.05) is 5.32 Å². The number of carboxylic acid groups (broad SMARTS) is 1. The van der Waals surface area contributed by atoms with Gasteiger partial charge in [-0.2, -0.15) is 0 Å². The molecule has 0 spiro atoms. The van der Waals surface area contributed by atoms with Crippen LogP contribution in [-0.4, -0.2) is 31.1 Å². The second-order valence-electron chi connectivity index (χ2n) is 5.24. The maximum Gasteiger partial charge on any atom is 0.406 e. The lowest BCUT2D eigenvalue weighted by atomic mass is 9.98. The molecule has 20 heavy (non-hydrogen) atoms. The SMILES string of the molecule is CCn1c(C)nc([N+](=O)[O-])c1NC(C)(C)CCC(=O)O. The van der Waals surface area contributed by atoms with E-state index >= 15 is 0 Å². The van der Waals surface area contributed by atoms with Crippen LogP contribution in [0.25, 0.3) is 0 Å². The molecule has 1 rings (SSSR count). The van der Waals surface area contributed by atoms with Gasteiger partial charge in [0.1, 0.15) is 0 Å². The highest BCUT2D eigenvalue weighted by molar-refractivity contribution is 5.67. The third-order valence-electron chi connectivity index (χ3n) is 3.05. The summed E-state index contributed by atoms with van der Waals surface area (Å²) in [5.41, 5.74) is -0.581. The van der Waals surface area contributed by atoms with Gasteiger partial charge in [-0.25, -0.2) is 0 Å². The number of nitrogens with zero attached hydrogens (tertiary/aromatic N) is 3. The predicted octanol–water partition coefficient (Wildman–Crippen LogP) is 2.17. The third kappa shape index (κ3) is 3.69. The van der Waals surface area contributed by atoms with Gasteiger partial charge >= 0.3 is 11.8 Å². The average molecular weight is 284 g/mol. The van der Waals surface area contributed by atoms with Crippen LogP contribution >= 0.6 is 0 Å². The van der Waals surface area contributed by atoms with E-state index in [4.69, 9.17) is 5.11 Å². The zero-order valence-electron chi connectivity index (χ0n) is 12.1. The average Bonchev–Trinajstić information content (AvgIpc) is 2.63. The van der Waals surface area contributed by atoms with Crippen LogP contribution in [0.2, 0.25) is 0 Å². The van der Waals surface area contributed by atoms with Gasteiger partial charge in [0.15, 0.2) is 0 Å². The Labute approximate surface area is 117 Å². The van der Waals surface area contributed by atoms with Crippen LogP contribution in [0, 0.1) is 17.0 Å². The Bertz CT molecular complexity index is 522. The summed E-state index contributed by atoms with van der Waals surface area (Å²) in [6.07, 6.45) is 0.348. The molecular formula is C12H20N4O4. The van der Waals surface area contributed by atoms with Gasteiger partial charge in [0.2, 0.25) is 11.6 Å². The van der Waals surface area contributed by atoms with Gasteiger partial charge in [0, 0.05) is 25.4 Å². The van der Waals surface area contributed by atoms with Gasteiger partial charge in [-0.15, -0.1) is 0 Å². The van der Waals surface area contributed by atoms with E-state index in [-0.39, 0.29) is 12.2 Å². The minimum Gasteiger partial charge on any atom is -0.481 e. The van der Waals surface area contributed by atoms with Crippen molar-refractivity contribution in [3.8, 4) is 0 Å². The molecule has 8 heteroatoms. The van der Waals surface area contributed by atoms with Crippen LogP contribution < -0.4 is 5.32 Å². The second kappa shape index (κ2) is 5.89. The molecular weight excluding hydrogens is 264 g/mol. The number of aliphatic carboxylic acids is 1. The second-order valence-corrected chi connectivity index (χ2v) is 5.24. The van der Waals surface area contributed by atoms with Crippen molar-refractivity contribution in [2.24, 2.45) is 0 Å². The van der Waals surface area contributed by atoms with E-state index in [0.717, 1.165) is 0 Å². The van der Waals surface area contributed by atoms with Gasteiger partial charge in [-0.1, -0.05) is 0 Å². The van der Waals surface area contributed by atoms with Crippen molar-refractivity contribution in [1.29, 1.82) is 0 Å². The fourth-order valence-corrected chi connectivity index (χ4v) is 1.99. The summed E-state index contributed by atoms with van der Waals surface area (Å²) in [6.45, 7) is 7.73. The summed E-state index contributed by atoms with van der Waals surface area (Å²) in [5.74, 6) is -0.247. The number of aromatic nitrogens is 2. The van der Waals surface area contributed by atoms with Crippen LogP contribution in [0.3, 0.4) is 0 Å². The Kier molecular flexibility index (Phi) is 4.69. The first kappa shape index (κ1) is 15.9. The molecule has 1 aromatic heterocycles. The minimum absolute atomic E-state index is 0.00690.